The van der Waals surface area contributed by atoms with Crippen molar-refractivity contribution in [3.8, 4) is 0 Å². The fraction of sp³-hybridized carbons (Fsp3) is 0. The van der Waals surface area contributed by atoms with Crippen LogP contribution in [0.4, 0.5) is 11.6 Å². The molecule has 3 rings (SSSR count). The van der Waals surface area contributed by atoms with Gasteiger partial charge < -0.3 is 5.32 Å². The van der Waals surface area contributed by atoms with E-state index in [4.69, 9.17) is 0 Å². The lowest BCUT2D eigenvalue weighted by Gasteiger charge is -2.03. The van der Waals surface area contributed by atoms with Gasteiger partial charge in [0, 0.05) is 11.9 Å². The molecule has 0 amide bonds. The zero-order valence-electron chi connectivity index (χ0n) is 8.38. The fourth-order valence-electron chi connectivity index (χ4n) is 1.45. The molecule has 0 aliphatic rings. The molecule has 0 saturated carbocycles. The summed E-state index contributed by atoms with van der Waals surface area (Å²) in [4.78, 5) is 8.48. The van der Waals surface area contributed by atoms with E-state index in [0.717, 1.165) is 16.7 Å². The van der Waals surface area contributed by atoms with Crippen LogP contribution in [-0.4, -0.2) is 20.2 Å². The maximum atomic E-state index is 4.29. The van der Waals surface area contributed by atoms with Gasteiger partial charge >= 0.3 is 0 Å². The average Bonchev–Trinajstić information content (AvgIpc) is 2.77. The molecule has 0 spiro atoms. The van der Waals surface area contributed by atoms with Gasteiger partial charge in [-0.2, -0.15) is 10.1 Å². The van der Waals surface area contributed by atoms with Crippen molar-refractivity contribution in [2.45, 2.75) is 0 Å². The topological polar surface area (TPSA) is 66.5 Å². The predicted molar refractivity (Wildman–Crippen MR) is 61.4 cm³/mol. The first-order valence-corrected chi connectivity index (χ1v) is 4.90. The lowest BCUT2D eigenvalue weighted by Crippen LogP contribution is -1.96. The number of anilines is 2. The smallest absolute Gasteiger partial charge is 0.229 e. The fourth-order valence-corrected chi connectivity index (χ4v) is 1.45. The molecule has 3 aromatic rings. The second-order valence-electron chi connectivity index (χ2n) is 3.36. The van der Waals surface area contributed by atoms with E-state index in [1.165, 1.54) is 0 Å². The van der Waals surface area contributed by atoms with Crippen LogP contribution in [0.3, 0.4) is 0 Å². The molecule has 5 nitrogen and oxygen atoms in total. The van der Waals surface area contributed by atoms with Crippen LogP contribution in [0.15, 0.2) is 42.7 Å². The van der Waals surface area contributed by atoms with Gasteiger partial charge in [-0.15, -0.1) is 0 Å². The Labute approximate surface area is 91.6 Å². The second kappa shape index (κ2) is 3.62. The van der Waals surface area contributed by atoms with Crippen molar-refractivity contribution in [1.29, 1.82) is 0 Å². The number of nitrogens with zero attached hydrogens (tertiary/aromatic N) is 3. The molecule has 0 unspecified atom stereocenters. The Morgan fingerprint density at radius 1 is 1.06 bits per heavy atom. The number of aromatic nitrogens is 4. The normalized spacial score (nSPS) is 10.5. The van der Waals surface area contributed by atoms with Crippen LogP contribution in [0.1, 0.15) is 0 Å². The maximum absolute atomic E-state index is 4.29. The van der Waals surface area contributed by atoms with E-state index >= 15 is 0 Å². The minimum absolute atomic E-state index is 0.558. The number of hydrogen-bond acceptors (Lipinski definition) is 4. The van der Waals surface area contributed by atoms with Gasteiger partial charge in [0.1, 0.15) is 0 Å². The number of rotatable bonds is 2. The Balaban J connectivity index is 1.94. The summed E-state index contributed by atoms with van der Waals surface area (Å²) in [7, 11) is 0. The van der Waals surface area contributed by atoms with Crippen LogP contribution in [0.2, 0.25) is 0 Å². The Bertz CT molecular complexity index is 602. The first-order chi connectivity index (χ1) is 7.92. The van der Waals surface area contributed by atoms with Crippen molar-refractivity contribution in [1.82, 2.24) is 20.2 Å². The highest BCUT2D eigenvalue weighted by molar-refractivity contribution is 5.74. The summed E-state index contributed by atoms with van der Waals surface area (Å²) in [6.45, 7) is 0. The van der Waals surface area contributed by atoms with Crippen LogP contribution in [0.5, 0.6) is 0 Å². The SMILES string of the molecule is c1ccc(Nc2ncc3cn[nH]c3n2)cc1. The summed E-state index contributed by atoms with van der Waals surface area (Å²) >= 11 is 0. The molecule has 0 bridgehead atoms. The second-order valence-corrected chi connectivity index (χ2v) is 3.36. The van der Waals surface area contributed by atoms with Crippen molar-refractivity contribution in [2.75, 3.05) is 5.32 Å². The summed E-state index contributed by atoms with van der Waals surface area (Å²) in [6.07, 6.45) is 3.43. The van der Waals surface area contributed by atoms with Gasteiger partial charge in [0.2, 0.25) is 5.95 Å². The Kier molecular flexibility index (Phi) is 2.00. The van der Waals surface area contributed by atoms with Crippen molar-refractivity contribution in [2.24, 2.45) is 0 Å². The molecule has 1 aromatic carbocycles. The van der Waals surface area contributed by atoms with Gasteiger partial charge in [-0.3, -0.25) is 5.10 Å². The van der Waals surface area contributed by atoms with Crippen LogP contribution >= 0.6 is 0 Å². The minimum Gasteiger partial charge on any atom is -0.324 e. The predicted octanol–water partition coefficient (Wildman–Crippen LogP) is 2.10. The summed E-state index contributed by atoms with van der Waals surface area (Å²) in [5.74, 6) is 0.558. The third-order valence-electron chi connectivity index (χ3n) is 2.22. The van der Waals surface area contributed by atoms with Crippen LogP contribution < -0.4 is 5.32 Å². The highest BCUT2D eigenvalue weighted by Gasteiger charge is 2.00. The number of hydrogen-bond donors (Lipinski definition) is 2. The van der Waals surface area contributed by atoms with Crippen molar-refractivity contribution >= 4 is 22.7 Å². The summed E-state index contributed by atoms with van der Waals surface area (Å²) < 4.78 is 0. The third kappa shape index (κ3) is 1.58. The van der Waals surface area contributed by atoms with Gasteiger partial charge in [0.25, 0.3) is 0 Å². The zero-order valence-corrected chi connectivity index (χ0v) is 8.38. The van der Waals surface area contributed by atoms with E-state index in [2.05, 4.69) is 25.5 Å². The molecule has 0 saturated heterocycles. The standard InChI is InChI=1S/C11H9N5/c1-2-4-9(5-3-1)14-11-12-6-8-7-13-16-10(8)15-11/h1-7H,(H2,12,13,14,15,16). The van der Waals surface area contributed by atoms with Crippen molar-refractivity contribution in [3.05, 3.63) is 42.7 Å². The molecule has 2 N–H and O–H groups in total. The monoisotopic (exact) mass is 211 g/mol. The molecule has 78 valence electrons. The number of aromatic amines is 1. The van der Waals surface area contributed by atoms with E-state index in [1.807, 2.05) is 30.3 Å². The highest BCUT2D eigenvalue weighted by Crippen LogP contribution is 2.13. The number of nitrogens with one attached hydrogen (secondary N) is 2. The molecule has 16 heavy (non-hydrogen) atoms. The number of H-pyrrole nitrogens is 1. The Hall–Kier alpha value is -2.43. The third-order valence-corrected chi connectivity index (χ3v) is 2.22. The molecule has 2 heterocycles. The lowest BCUT2D eigenvalue weighted by molar-refractivity contribution is 1.09. The average molecular weight is 211 g/mol. The van der Waals surface area contributed by atoms with Gasteiger partial charge in [-0.1, -0.05) is 18.2 Å². The van der Waals surface area contributed by atoms with Crippen LogP contribution in [0, 0.1) is 0 Å². The van der Waals surface area contributed by atoms with E-state index in [9.17, 15) is 0 Å². The molecule has 0 aliphatic heterocycles. The molecule has 0 radical (unpaired) electrons. The molecule has 5 heteroatoms. The van der Waals surface area contributed by atoms with E-state index in [0.29, 0.717) is 5.95 Å². The molecule has 0 aliphatic carbocycles. The summed E-state index contributed by atoms with van der Waals surface area (Å²) in [5.41, 5.74) is 1.69. The minimum atomic E-state index is 0.558. The molecular formula is C11H9N5. The van der Waals surface area contributed by atoms with Crippen molar-refractivity contribution < 1.29 is 0 Å². The maximum Gasteiger partial charge on any atom is 0.229 e. The van der Waals surface area contributed by atoms with Crippen LogP contribution in [0.25, 0.3) is 11.0 Å². The molecule has 0 fully saturated rings. The van der Waals surface area contributed by atoms with Crippen LogP contribution in [-0.2, 0) is 0 Å². The molecular weight excluding hydrogens is 202 g/mol. The van der Waals surface area contributed by atoms with E-state index in [1.54, 1.807) is 12.4 Å². The Morgan fingerprint density at radius 2 is 1.94 bits per heavy atom. The lowest BCUT2D eigenvalue weighted by atomic mass is 10.3. The Morgan fingerprint density at radius 3 is 2.81 bits per heavy atom. The van der Waals surface area contributed by atoms with E-state index < -0.39 is 0 Å². The van der Waals surface area contributed by atoms with Crippen molar-refractivity contribution in [3.63, 3.8) is 0 Å². The largest absolute Gasteiger partial charge is 0.324 e. The van der Waals surface area contributed by atoms with Gasteiger partial charge in [-0.05, 0) is 12.1 Å². The summed E-state index contributed by atoms with van der Waals surface area (Å²) in [6, 6.07) is 9.79. The summed E-state index contributed by atoms with van der Waals surface area (Å²) in [5, 5.41) is 10.7. The first kappa shape index (κ1) is 8.84. The number of fused-ring (bicyclic) bond motifs is 1. The van der Waals surface area contributed by atoms with Gasteiger partial charge in [0.05, 0.1) is 11.6 Å². The van der Waals surface area contributed by atoms with Gasteiger partial charge in [-0.25, -0.2) is 4.98 Å². The first-order valence-electron chi connectivity index (χ1n) is 4.90. The molecule has 0 atom stereocenters. The molecule has 2 aromatic heterocycles. The quantitative estimate of drug-likeness (QED) is 0.681. The highest BCUT2D eigenvalue weighted by atomic mass is 15.2. The number of para-hydroxylation sites is 1. The zero-order chi connectivity index (χ0) is 10.8. The van der Waals surface area contributed by atoms with E-state index in [-0.39, 0.29) is 0 Å². The van der Waals surface area contributed by atoms with Gasteiger partial charge in [0.15, 0.2) is 5.65 Å². The number of benzene rings is 1.